The minimum absolute atomic E-state index is 0.133. The van der Waals surface area contributed by atoms with Crippen LogP contribution in [0.3, 0.4) is 0 Å². The Hall–Kier alpha value is -1.71. The van der Waals surface area contributed by atoms with Gasteiger partial charge in [0.05, 0.1) is 13.7 Å². The zero-order valence-electron chi connectivity index (χ0n) is 15.8. The molecule has 0 heterocycles. The van der Waals surface area contributed by atoms with Crippen molar-refractivity contribution >= 4 is 6.21 Å². The number of ether oxygens (including phenoxy) is 2. The van der Waals surface area contributed by atoms with Gasteiger partial charge in [0.15, 0.2) is 23.8 Å². The first-order valence-corrected chi connectivity index (χ1v) is 8.12. The van der Waals surface area contributed by atoms with Crippen molar-refractivity contribution in [2.45, 2.75) is 54.5 Å². The first kappa shape index (κ1) is 19.3. The maximum atomic E-state index is 12.8. The summed E-state index contributed by atoms with van der Waals surface area (Å²) in [5, 5.41) is 12.8. The van der Waals surface area contributed by atoms with E-state index in [2.05, 4.69) is 41.5 Å². The van der Waals surface area contributed by atoms with Crippen LogP contribution in [0.2, 0.25) is 0 Å². The molecule has 0 aliphatic carbocycles. The van der Waals surface area contributed by atoms with Crippen LogP contribution in [0, 0.1) is 16.0 Å². The fraction of sp³-hybridized carbons (Fsp3) is 0.632. The molecule has 0 atom stereocenters. The highest BCUT2D eigenvalue weighted by atomic mass is 16.5. The Morgan fingerprint density at radius 1 is 1.09 bits per heavy atom. The lowest BCUT2D eigenvalue weighted by molar-refractivity contribution is -0.534. The summed E-state index contributed by atoms with van der Waals surface area (Å²) in [4.78, 5) is 0. The van der Waals surface area contributed by atoms with Gasteiger partial charge in [-0.05, 0) is 25.1 Å². The van der Waals surface area contributed by atoms with Crippen molar-refractivity contribution in [2.24, 2.45) is 10.8 Å². The molecule has 1 aromatic rings. The maximum absolute atomic E-state index is 12.8. The van der Waals surface area contributed by atoms with E-state index in [4.69, 9.17) is 9.47 Å². The van der Waals surface area contributed by atoms with Gasteiger partial charge in [-0.3, -0.25) is 0 Å². The fourth-order valence-corrected chi connectivity index (χ4v) is 3.33. The molecular formula is C19H31NO3. The molecule has 1 rings (SSSR count). The zero-order valence-corrected chi connectivity index (χ0v) is 15.8. The quantitative estimate of drug-likeness (QED) is 0.347. The molecule has 0 unspecified atom stereocenters. The highest BCUT2D eigenvalue weighted by molar-refractivity contribution is 5.77. The summed E-state index contributed by atoms with van der Waals surface area (Å²) in [5.74, 6) is 1.32. The molecule has 0 saturated heterocycles. The van der Waals surface area contributed by atoms with Gasteiger partial charge >= 0.3 is 0 Å². The predicted molar refractivity (Wildman–Crippen MR) is 95.7 cm³/mol. The first-order valence-electron chi connectivity index (χ1n) is 8.12. The van der Waals surface area contributed by atoms with Gasteiger partial charge < -0.3 is 14.7 Å². The van der Waals surface area contributed by atoms with Crippen molar-refractivity contribution in [3.05, 3.63) is 29.0 Å². The maximum Gasteiger partial charge on any atom is 0.182 e. The van der Waals surface area contributed by atoms with E-state index >= 15 is 0 Å². The summed E-state index contributed by atoms with van der Waals surface area (Å²) >= 11 is 0. The van der Waals surface area contributed by atoms with E-state index in [0.29, 0.717) is 18.1 Å². The Labute approximate surface area is 140 Å². The van der Waals surface area contributed by atoms with Crippen LogP contribution >= 0.6 is 0 Å². The highest BCUT2D eigenvalue weighted by Crippen LogP contribution is 2.35. The van der Waals surface area contributed by atoms with Crippen LogP contribution in [-0.2, 0) is 0 Å². The third-order valence-electron chi connectivity index (χ3n) is 3.66. The van der Waals surface area contributed by atoms with E-state index in [1.807, 2.05) is 25.1 Å². The van der Waals surface area contributed by atoms with Crippen molar-refractivity contribution in [2.75, 3.05) is 13.7 Å². The molecule has 0 N–H and O–H groups in total. The van der Waals surface area contributed by atoms with Gasteiger partial charge in [-0.1, -0.05) is 41.5 Å². The van der Waals surface area contributed by atoms with Crippen molar-refractivity contribution < 1.29 is 14.2 Å². The third kappa shape index (κ3) is 5.15. The monoisotopic (exact) mass is 321 g/mol. The van der Waals surface area contributed by atoms with Gasteiger partial charge in [0.25, 0.3) is 0 Å². The average Bonchev–Trinajstić information content (AvgIpc) is 2.35. The predicted octanol–water partition coefficient (Wildman–Crippen LogP) is 4.48. The molecule has 0 aromatic heterocycles. The van der Waals surface area contributed by atoms with Crippen LogP contribution in [-0.4, -0.2) is 30.7 Å². The molecule has 130 valence electrons. The fourth-order valence-electron chi connectivity index (χ4n) is 3.33. The van der Waals surface area contributed by atoms with Crippen LogP contribution in [0.1, 0.15) is 54.0 Å². The number of benzene rings is 1. The molecule has 4 nitrogen and oxygen atoms in total. The van der Waals surface area contributed by atoms with Crippen molar-refractivity contribution in [1.29, 1.82) is 0 Å². The smallest absolute Gasteiger partial charge is 0.182 e. The van der Waals surface area contributed by atoms with Crippen molar-refractivity contribution in [3.8, 4) is 11.5 Å². The molecule has 4 heteroatoms. The number of methoxy groups -OCH3 is 1. The zero-order chi connectivity index (χ0) is 17.8. The second-order valence-electron chi connectivity index (χ2n) is 7.97. The molecule has 0 aliphatic heterocycles. The van der Waals surface area contributed by atoms with E-state index in [-0.39, 0.29) is 16.9 Å². The molecular weight excluding hydrogens is 290 g/mol. The lowest BCUT2D eigenvalue weighted by Crippen LogP contribution is -2.45. The molecule has 0 aliphatic rings. The molecule has 0 amide bonds. The summed E-state index contributed by atoms with van der Waals surface area (Å²) in [5.41, 5.74) is 0.542. The van der Waals surface area contributed by atoms with Crippen LogP contribution in [0.25, 0.3) is 0 Å². The topological polar surface area (TPSA) is 44.5 Å². The van der Waals surface area contributed by atoms with Crippen molar-refractivity contribution in [1.82, 2.24) is 0 Å². The van der Waals surface area contributed by atoms with Gasteiger partial charge in [0, 0.05) is 16.4 Å². The van der Waals surface area contributed by atoms with Crippen LogP contribution < -0.4 is 9.47 Å². The lowest BCUT2D eigenvalue weighted by Gasteiger charge is -2.37. The molecule has 23 heavy (non-hydrogen) atoms. The minimum Gasteiger partial charge on any atom is -0.624 e. The average molecular weight is 321 g/mol. The lowest BCUT2D eigenvalue weighted by atomic mass is 9.72. The van der Waals surface area contributed by atoms with Gasteiger partial charge in [0.2, 0.25) is 0 Å². The van der Waals surface area contributed by atoms with Gasteiger partial charge in [-0.15, -0.1) is 0 Å². The Kier molecular flexibility index (Phi) is 6.09. The normalized spacial score (nSPS) is 13.3. The van der Waals surface area contributed by atoms with Gasteiger partial charge in [-0.25, -0.2) is 4.74 Å². The summed E-state index contributed by atoms with van der Waals surface area (Å²) in [7, 11) is 1.61. The van der Waals surface area contributed by atoms with E-state index in [0.717, 1.165) is 10.3 Å². The summed E-state index contributed by atoms with van der Waals surface area (Å²) in [6, 6.07) is 5.39. The Bertz CT molecular complexity index is 537. The number of hydroxylamine groups is 1. The molecule has 0 spiro atoms. The highest BCUT2D eigenvalue weighted by Gasteiger charge is 2.41. The number of hydrogen-bond acceptors (Lipinski definition) is 3. The number of nitrogens with zero attached hydrogens (tertiary/aromatic N) is 1. The second kappa shape index (κ2) is 7.24. The van der Waals surface area contributed by atoms with E-state index < -0.39 is 0 Å². The third-order valence-corrected chi connectivity index (χ3v) is 3.66. The standard InChI is InChI=1S/C19H31NO3/c1-9-23-16-12-14(10-11-15(16)22-8)13-20(21)17(18(2,3)4)19(5,6)7/h10-13,17H,9H2,1-8H3. The van der Waals surface area contributed by atoms with Crippen molar-refractivity contribution in [3.63, 3.8) is 0 Å². The Morgan fingerprint density at radius 2 is 1.65 bits per heavy atom. The second-order valence-corrected chi connectivity index (χ2v) is 7.97. The molecule has 0 radical (unpaired) electrons. The molecule has 1 aromatic carbocycles. The Balaban J connectivity index is 3.25. The summed E-state index contributed by atoms with van der Waals surface area (Å²) in [6.45, 7) is 15.1. The SMILES string of the molecule is CCOc1cc(C=[N+]([O-])C(C(C)(C)C)C(C)(C)C)ccc1OC. The largest absolute Gasteiger partial charge is 0.624 e. The molecule has 0 fully saturated rings. The summed E-state index contributed by atoms with van der Waals surface area (Å²) < 4.78 is 11.9. The molecule has 0 bridgehead atoms. The molecule has 0 saturated carbocycles. The first-order chi connectivity index (χ1) is 10.5. The Morgan fingerprint density at radius 3 is 2.09 bits per heavy atom. The van der Waals surface area contributed by atoms with Gasteiger partial charge in [-0.2, -0.15) is 0 Å². The number of hydrogen-bond donors (Lipinski definition) is 0. The van der Waals surface area contributed by atoms with Crippen LogP contribution in [0.4, 0.5) is 0 Å². The van der Waals surface area contributed by atoms with E-state index in [1.54, 1.807) is 13.3 Å². The van der Waals surface area contributed by atoms with Crippen LogP contribution in [0.5, 0.6) is 11.5 Å². The van der Waals surface area contributed by atoms with Gasteiger partial charge in [0.1, 0.15) is 0 Å². The van der Waals surface area contributed by atoms with E-state index in [1.165, 1.54) is 0 Å². The summed E-state index contributed by atoms with van der Waals surface area (Å²) in [6.07, 6.45) is 1.64. The van der Waals surface area contributed by atoms with Crippen LogP contribution in [0.15, 0.2) is 18.2 Å². The number of rotatable bonds is 5. The minimum atomic E-state index is -0.146. The van der Waals surface area contributed by atoms with E-state index in [9.17, 15) is 5.21 Å².